The zero-order valence-corrected chi connectivity index (χ0v) is 9.61. The Kier molecular flexibility index (Phi) is 2.95. The fourth-order valence-electron chi connectivity index (χ4n) is 0.967. The number of ether oxygens (including phenoxy) is 1. The summed E-state index contributed by atoms with van der Waals surface area (Å²) in [5, 5.41) is 19.2. The fourth-order valence-corrected chi connectivity index (χ4v) is 0.967. The van der Waals surface area contributed by atoms with E-state index in [0.29, 0.717) is 5.75 Å². The summed E-state index contributed by atoms with van der Waals surface area (Å²) in [4.78, 5) is 0. The molecule has 0 saturated heterocycles. The average molecular weight is 210 g/mol. The Balaban J connectivity index is 2.87. The minimum atomic E-state index is -0.960. The first-order valence-electron chi connectivity index (χ1n) is 4.93. The van der Waals surface area contributed by atoms with Crippen LogP contribution in [0.5, 0.6) is 11.5 Å². The third kappa shape index (κ3) is 2.86. The summed E-state index contributed by atoms with van der Waals surface area (Å²) in [6.45, 7) is 6.99. The first-order chi connectivity index (χ1) is 6.72. The van der Waals surface area contributed by atoms with Crippen LogP contribution in [0.25, 0.3) is 0 Å². The second-order valence-electron chi connectivity index (χ2n) is 4.67. The van der Waals surface area contributed by atoms with E-state index in [4.69, 9.17) is 4.74 Å². The van der Waals surface area contributed by atoms with Crippen molar-refractivity contribution in [3.63, 3.8) is 0 Å². The van der Waals surface area contributed by atoms with Gasteiger partial charge in [-0.05, 0) is 39.8 Å². The predicted octanol–water partition coefficient (Wildman–Crippen LogP) is 2.32. The van der Waals surface area contributed by atoms with Gasteiger partial charge in [-0.25, -0.2) is 0 Å². The first kappa shape index (κ1) is 11.9. The van der Waals surface area contributed by atoms with Crippen molar-refractivity contribution in [2.24, 2.45) is 0 Å². The number of hydrogen-bond acceptors (Lipinski definition) is 3. The van der Waals surface area contributed by atoms with Gasteiger partial charge in [0, 0.05) is 6.07 Å². The Bertz CT molecular complexity index is 337. The van der Waals surface area contributed by atoms with E-state index in [9.17, 15) is 10.2 Å². The average Bonchev–Trinajstić information content (AvgIpc) is 2.00. The number of phenolic OH excluding ortho intramolecular Hbond substituents is 1. The third-order valence-electron chi connectivity index (χ3n) is 2.66. The maximum Gasteiger partial charge on any atom is 0.131 e. The molecule has 0 fully saturated rings. The van der Waals surface area contributed by atoms with Crippen molar-refractivity contribution in [2.45, 2.75) is 38.9 Å². The SMILES string of the molecule is CC(C)(O)C(C)(C)Oc1cccc(O)c1. The second kappa shape index (κ2) is 3.74. The van der Waals surface area contributed by atoms with Gasteiger partial charge in [0.1, 0.15) is 17.1 Å². The quantitative estimate of drug-likeness (QED) is 0.805. The van der Waals surface area contributed by atoms with Gasteiger partial charge in [0.15, 0.2) is 0 Å². The largest absolute Gasteiger partial charge is 0.508 e. The molecule has 1 rings (SSSR count). The summed E-state index contributed by atoms with van der Waals surface area (Å²) in [5.74, 6) is 0.696. The van der Waals surface area contributed by atoms with Gasteiger partial charge in [0.25, 0.3) is 0 Å². The molecule has 0 atom stereocenters. The fraction of sp³-hybridized carbons (Fsp3) is 0.500. The van der Waals surface area contributed by atoms with Crippen LogP contribution in [-0.4, -0.2) is 21.4 Å². The highest BCUT2D eigenvalue weighted by atomic mass is 16.5. The van der Waals surface area contributed by atoms with Crippen LogP contribution in [0.3, 0.4) is 0 Å². The maximum absolute atomic E-state index is 9.89. The van der Waals surface area contributed by atoms with E-state index in [2.05, 4.69) is 0 Å². The Morgan fingerprint density at radius 2 is 1.73 bits per heavy atom. The molecule has 3 nitrogen and oxygen atoms in total. The van der Waals surface area contributed by atoms with Gasteiger partial charge in [-0.1, -0.05) is 6.07 Å². The van der Waals surface area contributed by atoms with E-state index in [1.165, 1.54) is 6.07 Å². The van der Waals surface area contributed by atoms with Crippen LogP contribution < -0.4 is 4.74 Å². The van der Waals surface area contributed by atoms with Gasteiger partial charge >= 0.3 is 0 Å². The van der Waals surface area contributed by atoms with Crippen LogP contribution in [0.15, 0.2) is 24.3 Å². The number of benzene rings is 1. The molecule has 0 unspecified atom stereocenters. The Labute approximate surface area is 90.3 Å². The van der Waals surface area contributed by atoms with E-state index in [1.807, 2.05) is 0 Å². The van der Waals surface area contributed by atoms with Gasteiger partial charge in [-0.2, -0.15) is 0 Å². The van der Waals surface area contributed by atoms with E-state index < -0.39 is 11.2 Å². The molecule has 0 heterocycles. The van der Waals surface area contributed by atoms with Crippen LogP contribution >= 0.6 is 0 Å². The summed E-state index contributed by atoms with van der Waals surface area (Å²) in [6.07, 6.45) is 0. The molecule has 0 amide bonds. The van der Waals surface area contributed by atoms with Crippen LogP contribution in [0.1, 0.15) is 27.7 Å². The monoisotopic (exact) mass is 210 g/mol. The summed E-state index contributed by atoms with van der Waals surface area (Å²) in [6, 6.07) is 6.54. The zero-order valence-electron chi connectivity index (χ0n) is 9.61. The lowest BCUT2D eigenvalue weighted by molar-refractivity contribution is -0.0907. The molecular formula is C12H18O3. The molecule has 0 bridgehead atoms. The summed E-state index contributed by atoms with van der Waals surface area (Å²) < 4.78 is 5.64. The summed E-state index contributed by atoms with van der Waals surface area (Å²) in [7, 11) is 0. The zero-order chi connectivity index (χ0) is 11.7. The molecule has 2 N–H and O–H groups in total. The van der Waals surface area contributed by atoms with E-state index >= 15 is 0 Å². The molecule has 0 radical (unpaired) electrons. The highest BCUT2D eigenvalue weighted by Gasteiger charge is 2.37. The van der Waals surface area contributed by atoms with Crippen molar-refractivity contribution in [1.82, 2.24) is 0 Å². The van der Waals surface area contributed by atoms with Crippen molar-refractivity contribution in [3.05, 3.63) is 24.3 Å². The maximum atomic E-state index is 9.89. The van der Waals surface area contributed by atoms with Crippen molar-refractivity contribution < 1.29 is 14.9 Å². The number of hydrogen-bond donors (Lipinski definition) is 2. The van der Waals surface area contributed by atoms with Crippen molar-refractivity contribution >= 4 is 0 Å². The molecule has 1 aromatic carbocycles. The second-order valence-corrected chi connectivity index (χ2v) is 4.67. The van der Waals surface area contributed by atoms with Crippen molar-refractivity contribution in [1.29, 1.82) is 0 Å². The van der Waals surface area contributed by atoms with Crippen LogP contribution in [0.4, 0.5) is 0 Å². The molecule has 0 spiro atoms. The number of aliphatic hydroxyl groups is 1. The molecule has 15 heavy (non-hydrogen) atoms. The Morgan fingerprint density at radius 3 is 2.20 bits per heavy atom. The lowest BCUT2D eigenvalue weighted by atomic mass is 9.89. The van der Waals surface area contributed by atoms with Gasteiger partial charge in [-0.15, -0.1) is 0 Å². The molecule has 0 aliphatic carbocycles. The van der Waals surface area contributed by atoms with Gasteiger partial charge < -0.3 is 14.9 Å². The number of rotatable bonds is 3. The smallest absolute Gasteiger partial charge is 0.131 e. The molecule has 0 aliphatic rings. The highest BCUT2D eigenvalue weighted by Crippen LogP contribution is 2.29. The van der Waals surface area contributed by atoms with E-state index in [0.717, 1.165) is 0 Å². The molecule has 1 aromatic rings. The molecule has 0 aromatic heterocycles. The normalized spacial score (nSPS) is 12.6. The molecule has 84 valence electrons. The summed E-state index contributed by atoms with van der Waals surface area (Å²) in [5.41, 5.74) is -1.68. The van der Waals surface area contributed by atoms with E-state index in [-0.39, 0.29) is 5.75 Å². The standard InChI is InChI=1S/C12H18O3/c1-11(2,14)12(3,4)15-10-7-5-6-9(13)8-10/h5-8,13-14H,1-4H3. The lowest BCUT2D eigenvalue weighted by Gasteiger charge is -2.37. The minimum absolute atomic E-state index is 0.152. The highest BCUT2D eigenvalue weighted by molar-refractivity contribution is 5.32. The van der Waals surface area contributed by atoms with Gasteiger partial charge in [-0.3, -0.25) is 0 Å². The molecular weight excluding hydrogens is 192 g/mol. The summed E-state index contributed by atoms with van der Waals surface area (Å²) >= 11 is 0. The van der Waals surface area contributed by atoms with Gasteiger partial charge in [0.05, 0.1) is 5.60 Å². The number of aromatic hydroxyl groups is 1. The molecule has 0 aliphatic heterocycles. The number of phenols is 1. The van der Waals surface area contributed by atoms with Crippen molar-refractivity contribution in [3.8, 4) is 11.5 Å². The van der Waals surface area contributed by atoms with Crippen molar-refractivity contribution in [2.75, 3.05) is 0 Å². The Hall–Kier alpha value is -1.22. The van der Waals surface area contributed by atoms with Crippen LogP contribution in [0, 0.1) is 0 Å². The lowest BCUT2D eigenvalue weighted by Crippen LogP contribution is -2.49. The molecule has 3 heteroatoms. The van der Waals surface area contributed by atoms with Crippen LogP contribution in [-0.2, 0) is 0 Å². The molecule has 0 saturated carbocycles. The van der Waals surface area contributed by atoms with Crippen LogP contribution in [0.2, 0.25) is 0 Å². The Morgan fingerprint density at radius 1 is 1.13 bits per heavy atom. The van der Waals surface area contributed by atoms with Gasteiger partial charge in [0.2, 0.25) is 0 Å². The van der Waals surface area contributed by atoms with E-state index in [1.54, 1.807) is 45.9 Å². The predicted molar refractivity (Wildman–Crippen MR) is 59.1 cm³/mol. The minimum Gasteiger partial charge on any atom is -0.508 e. The third-order valence-corrected chi connectivity index (χ3v) is 2.66. The topological polar surface area (TPSA) is 49.7 Å². The first-order valence-corrected chi connectivity index (χ1v) is 4.93.